The zero-order chi connectivity index (χ0) is 10.8. The Balaban J connectivity index is 2.60. The van der Waals surface area contributed by atoms with Gasteiger partial charge < -0.3 is 0 Å². The van der Waals surface area contributed by atoms with E-state index >= 15 is 0 Å². The number of nitrogens with zero attached hydrogens (tertiary/aromatic N) is 2. The van der Waals surface area contributed by atoms with E-state index in [0.717, 1.165) is 16.8 Å². The lowest BCUT2D eigenvalue weighted by molar-refractivity contribution is 1.33. The average molecular weight is 214 g/mol. The van der Waals surface area contributed by atoms with Gasteiger partial charge in [-0.15, -0.1) is 11.3 Å². The highest BCUT2D eigenvalue weighted by molar-refractivity contribution is 7.10. The van der Waals surface area contributed by atoms with Gasteiger partial charge in [0.25, 0.3) is 0 Å². The molecule has 3 heteroatoms. The molecule has 74 valence electrons. The second-order valence-electron chi connectivity index (χ2n) is 3.46. The third kappa shape index (κ3) is 1.77. The fourth-order valence-corrected chi connectivity index (χ4v) is 2.19. The number of hydrogen-bond donors (Lipinski definition) is 0. The molecule has 2 aromatic rings. The van der Waals surface area contributed by atoms with Gasteiger partial charge in [0.2, 0.25) is 0 Å². The maximum Gasteiger partial charge on any atom is 0.132 e. The molecule has 0 aliphatic heterocycles. The van der Waals surface area contributed by atoms with E-state index in [-0.39, 0.29) is 0 Å². The van der Waals surface area contributed by atoms with E-state index in [2.05, 4.69) is 24.0 Å². The summed E-state index contributed by atoms with van der Waals surface area (Å²) in [6.45, 7) is 4.10. The van der Waals surface area contributed by atoms with Crippen LogP contribution in [0.1, 0.15) is 16.0 Å². The van der Waals surface area contributed by atoms with Gasteiger partial charge >= 0.3 is 0 Å². The number of rotatable bonds is 1. The molecule has 1 aromatic carbocycles. The topological polar surface area (TPSA) is 36.7 Å². The lowest BCUT2D eigenvalue weighted by Crippen LogP contribution is -1.86. The predicted octanol–water partition coefficient (Wildman–Crippen LogP) is 3.30. The van der Waals surface area contributed by atoms with Crippen molar-refractivity contribution in [2.24, 2.45) is 0 Å². The van der Waals surface area contributed by atoms with Crippen LogP contribution in [0.2, 0.25) is 0 Å². The first-order valence-electron chi connectivity index (χ1n) is 4.63. The molecule has 0 radical (unpaired) electrons. The van der Waals surface area contributed by atoms with Crippen LogP contribution in [0.3, 0.4) is 0 Å². The summed E-state index contributed by atoms with van der Waals surface area (Å²) in [5.74, 6) is 0. The minimum atomic E-state index is 0.682. The summed E-state index contributed by atoms with van der Waals surface area (Å²) in [5.41, 5.74) is 5.97. The lowest BCUT2D eigenvalue weighted by atomic mass is 10.0. The summed E-state index contributed by atoms with van der Waals surface area (Å²) < 4.78 is 0. The second kappa shape index (κ2) is 3.84. The highest BCUT2D eigenvalue weighted by atomic mass is 32.1. The highest BCUT2D eigenvalue weighted by Gasteiger charge is 2.10. The number of aryl methyl sites for hydroxylation is 2. The first-order valence-corrected chi connectivity index (χ1v) is 5.51. The molecule has 0 amide bonds. The Kier molecular flexibility index (Phi) is 2.53. The Bertz CT molecular complexity index is 535. The molecule has 0 aliphatic carbocycles. The maximum absolute atomic E-state index is 8.93. The minimum Gasteiger partial charge on any atom is -0.243 e. The van der Waals surface area contributed by atoms with Crippen molar-refractivity contribution in [3.05, 3.63) is 39.7 Å². The zero-order valence-electron chi connectivity index (χ0n) is 8.61. The predicted molar refractivity (Wildman–Crippen MR) is 61.7 cm³/mol. The van der Waals surface area contributed by atoms with Crippen LogP contribution in [0.4, 0.5) is 0 Å². The number of thiazole rings is 1. The van der Waals surface area contributed by atoms with Crippen LogP contribution in [0.5, 0.6) is 0 Å². The Hall–Kier alpha value is -1.66. The van der Waals surface area contributed by atoms with Gasteiger partial charge in [0.1, 0.15) is 10.9 Å². The molecule has 1 aromatic heterocycles. The molecule has 0 N–H and O–H groups in total. The van der Waals surface area contributed by atoms with Crippen molar-refractivity contribution < 1.29 is 0 Å². The largest absolute Gasteiger partial charge is 0.243 e. The smallest absolute Gasteiger partial charge is 0.132 e. The third-order valence-electron chi connectivity index (χ3n) is 2.31. The molecule has 0 aliphatic rings. The fourth-order valence-electron chi connectivity index (χ4n) is 1.60. The van der Waals surface area contributed by atoms with Gasteiger partial charge in [-0.05, 0) is 19.4 Å². The van der Waals surface area contributed by atoms with Crippen LogP contribution in [0.15, 0.2) is 23.7 Å². The van der Waals surface area contributed by atoms with Crippen molar-refractivity contribution in [2.75, 3.05) is 0 Å². The molecule has 2 nitrogen and oxygen atoms in total. The van der Waals surface area contributed by atoms with E-state index in [1.165, 1.54) is 16.9 Å². The van der Waals surface area contributed by atoms with Crippen molar-refractivity contribution in [1.82, 2.24) is 4.98 Å². The Morgan fingerprint density at radius 1 is 1.33 bits per heavy atom. The summed E-state index contributed by atoms with van der Waals surface area (Å²) in [6.07, 6.45) is 0. The summed E-state index contributed by atoms with van der Waals surface area (Å²) in [4.78, 5) is 4.93. The van der Waals surface area contributed by atoms with E-state index in [4.69, 9.17) is 5.26 Å². The number of nitriles is 1. The SMILES string of the molecule is Cc1ccc(-c2ncsc2C#N)c(C)c1. The van der Waals surface area contributed by atoms with E-state index in [0.29, 0.717) is 4.88 Å². The molecular formula is C12H10N2S. The molecule has 0 bridgehead atoms. The van der Waals surface area contributed by atoms with E-state index < -0.39 is 0 Å². The van der Waals surface area contributed by atoms with Gasteiger partial charge in [0, 0.05) is 5.56 Å². The summed E-state index contributed by atoms with van der Waals surface area (Å²) in [5, 5.41) is 8.93. The first kappa shape index (κ1) is 9.88. The van der Waals surface area contributed by atoms with E-state index in [9.17, 15) is 0 Å². The summed E-state index contributed by atoms with van der Waals surface area (Å²) >= 11 is 1.39. The van der Waals surface area contributed by atoms with Gasteiger partial charge in [-0.1, -0.05) is 23.8 Å². The van der Waals surface area contributed by atoms with Gasteiger partial charge in [-0.3, -0.25) is 0 Å². The fraction of sp³-hybridized carbons (Fsp3) is 0.167. The molecule has 0 unspecified atom stereocenters. The van der Waals surface area contributed by atoms with Crippen molar-refractivity contribution in [1.29, 1.82) is 5.26 Å². The van der Waals surface area contributed by atoms with Crippen LogP contribution in [0.25, 0.3) is 11.3 Å². The van der Waals surface area contributed by atoms with Crippen LogP contribution >= 0.6 is 11.3 Å². The second-order valence-corrected chi connectivity index (χ2v) is 4.32. The average Bonchev–Trinajstić information content (AvgIpc) is 2.65. The monoisotopic (exact) mass is 214 g/mol. The molecule has 0 atom stereocenters. The van der Waals surface area contributed by atoms with Crippen molar-refractivity contribution in [3.63, 3.8) is 0 Å². The molecular weight excluding hydrogens is 204 g/mol. The molecule has 15 heavy (non-hydrogen) atoms. The van der Waals surface area contributed by atoms with Crippen LogP contribution in [-0.4, -0.2) is 4.98 Å². The minimum absolute atomic E-state index is 0.682. The Morgan fingerprint density at radius 2 is 2.13 bits per heavy atom. The van der Waals surface area contributed by atoms with E-state index in [1.807, 2.05) is 19.1 Å². The third-order valence-corrected chi connectivity index (χ3v) is 3.04. The molecule has 0 fully saturated rings. The molecule has 0 spiro atoms. The van der Waals surface area contributed by atoms with Crippen LogP contribution in [0, 0.1) is 25.2 Å². The maximum atomic E-state index is 8.93. The lowest BCUT2D eigenvalue weighted by Gasteiger charge is -2.04. The van der Waals surface area contributed by atoms with Crippen molar-refractivity contribution >= 4 is 11.3 Å². The quantitative estimate of drug-likeness (QED) is 0.730. The number of benzene rings is 1. The van der Waals surface area contributed by atoms with E-state index in [1.54, 1.807) is 5.51 Å². The molecule has 0 saturated heterocycles. The van der Waals surface area contributed by atoms with Crippen molar-refractivity contribution in [2.45, 2.75) is 13.8 Å². The Labute approximate surface area is 92.8 Å². The van der Waals surface area contributed by atoms with Crippen LogP contribution in [-0.2, 0) is 0 Å². The molecule has 0 saturated carbocycles. The number of aromatic nitrogens is 1. The first-order chi connectivity index (χ1) is 7.22. The van der Waals surface area contributed by atoms with Gasteiger partial charge in [0.15, 0.2) is 0 Å². The zero-order valence-corrected chi connectivity index (χ0v) is 9.43. The van der Waals surface area contributed by atoms with Gasteiger partial charge in [0.05, 0.1) is 11.2 Å². The summed E-state index contributed by atoms with van der Waals surface area (Å²) in [7, 11) is 0. The normalized spacial score (nSPS) is 9.93. The van der Waals surface area contributed by atoms with Gasteiger partial charge in [-0.25, -0.2) is 4.98 Å². The standard InChI is InChI=1S/C12H10N2S/c1-8-3-4-10(9(2)5-8)12-11(6-13)15-7-14-12/h3-5,7H,1-2H3. The highest BCUT2D eigenvalue weighted by Crippen LogP contribution is 2.27. The Morgan fingerprint density at radius 3 is 2.80 bits per heavy atom. The summed E-state index contributed by atoms with van der Waals surface area (Å²) in [6, 6.07) is 8.35. The number of hydrogen-bond acceptors (Lipinski definition) is 3. The van der Waals surface area contributed by atoms with Crippen LogP contribution < -0.4 is 0 Å². The van der Waals surface area contributed by atoms with Crippen molar-refractivity contribution in [3.8, 4) is 17.3 Å². The molecule has 1 heterocycles. The molecule has 2 rings (SSSR count). The van der Waals surface area contributed by atoms with Gasteiger partial charge in [-0.2, -0.15) is 5.26 Å².